The molecule has 0 fully saturated rings. The average molecular weight is 527 g/mol. The summed E-state index contributed by atoms with van der Waals surface area (Å²) in [4.78, 5) is 15.8. The normalized spacial score (nSPS) is 11.5. The molecule has 0 atom stereocenters. The van der Waals surface area contributed by atoms with E-state index in [-0.39, 0.29) is 17.0 Å². The van der Waals surface area contributed by atoms with Crippen LogP contribution in [0.5, 0.6) is 11.5 Å². The van der Waals surface area contributed by atoms with E-state index in [0.29, 0.717) is 35.3 Å². The van der Waals surface area contributed by atoms with Gasteiger partial charge in [-0.25, -0.2) is 4.68 Å². The minimum atomic E-state index is -0.207. The van der Waals surface area contributed by atoms with Crippen LogP contribution in [0.4, 0.5) is 5.69 Å². The van der Waals surface area contributed by atoms with E-state index in [4.69, 9.17) is 21.1 Å². The first-order valence-electron chi connectivity index (χ1n) is 13.0. The van der Waals surface area contributed by atoms with E-state index in [0.717, 1.165) is 42.7 Å². The predicted octanol–water partition coefficient (Wildman–Crippen LogP) is 7.16. The summed E-state index contributed by atoms with van der Waals surface area (Å²) in [5, 5.41) is 9.06. The number of nitrogens with zero attached hydrogens (tertiary/aromatic N) is 4. The minimum Gasteiger partial charge on any atom is -0.497 e. The van der Waals surface area contributed by atoms with E-state index >= 15 is 0 Å². The maximum Gasteiger partial charge on any atom is 0.280 e. The van der Waals surface area contributed by atoms with Gasteiger partial charge in [0.15, 0.2) is 5.69 Å². The molecular weight excluding hydrogens is 488 g/mol. The highest BCUT2D eigenvalue weighted by Crippen LogP contribution is 2.33. The van der Waals surface area contributed by atoms with E-state index in [1.165, 1.54) is 0 Å². The Hall–Kier alpha value is -3.06. The summed E-state index contributed by atoms with van der Waals surface area (Å²) in [6.07, 6.45) is 3.84. The highest BCUT2D eigenvalue weighted by molar-refractivity contribution is 6.32. The van der Waals surface area contributed by atoms with Gasteiger partial charge in [0, 0.05) is 24.4 Å². The van der Waals surface area contributed by atoms with Crippen LogP contribution < -0.4 is 14.4 Å². The minimum absolute atomic E-state index is 0.111. The fourth-order valence-corrected chi connectivity index (χ4v) is 4.12. The number of carbonyl (C=O) groups excluding carboxylic acids is 1. The highest BCUT2D eigenvalue weighted by Gasteiger charge is 2.27. The first kappa shape index (κ1) is 28.5. The van der Waals surface area contributed by atoms with Crippen molar-refractivity contribution in [2.75, 3.05) is 25.2 Å². The van der Waals surface area contributed by atoms with Gasteiger partial charge in [0.1, 0.15) is 11.5 Å². The lowest BCUT2D eigenvalue weighted by atomic mass is 9.86. The molecule has 3 aromatic rings. The Morgan fingerprint density at radius 3 is 2.43 bits per heavy atom. The van der Waals surface area contributed by atoms with Crippen molar-refractivity contribution in [3.63, 3.8) is 0 Å². The molecule has 200 valence electrons. The third-order valence-corrected chi connectivity index (χ3v) is 6.61. The van der Waals surface area contributed by atoms with Crippen LogP contribution in [0, 0.1) is 6.92 Å². The molecule has 37 heavy (non-hydrogen) atoms. The number of hydrogen-bond acceptors (Lipinski definition) is 5. The number of carbonyl (C=O) groups is 1. The van der Waals surface area contributed by atoms with Gasteiger partial charge >= 0.3 is 0 Å². The molecule has 2 aromatic carbocycles. The monoisotopic (exact) mass is 526 g/mol. The maximum absolute atomic E-state index is 14.0. The van der Waals surface area contributed by atoms with Gasteiger partial charge in [-0.2, -0.15) is 0 Å². The summed E-state index contributed by atoms with van der Waals surface area (Å²) in [5.74, 6) is 1.21. The van der Waals surface area contributed by atoms with E-state index in [1.807, 2.05) is 13.0 Å². The number of methoxy groups -OCH3 is 1. The topological polar surface area (TPSA) is 69.5 Å². The molecule has 0 N–H and O–H groups in total. The number of amides is 1. The summed E-state index contributed by atoms with van der Waals surface area (Å²) >= 11 is 6.45. The van der Waals surface area contributed by atoms with Crippen LogP contribution >= 0.6 is 11.6 Å². The molecule has 0 spiro atoms. The average Bonchev–Trinajstić information content (AvgIpc) is 3.25. The molecular formula is C29H39ClN4O3. The zero-order valence-corrected chi connectivity index (χ0v) is 23.9. The van der Waals surface area contributed by atoms with Crippen LogP contribution in [0.1, 0.15) is 82.0 Å². The lowest BCUT2D eigenvalue weighted by molar-refractivity contribution is 0.0981. The SMILES string of the molecule is CCCCOc1cc(N(CCCC)C(=O)c2nnn(-c3cc(OC)ccc3Cl)c2C)cc(C(C)(C)C)c1. The van der Waals surface area contributed by atoms with Gasteiger partial charge in [-0.05, 0) is 55.0 Å². The van der Waals surface area contributed by atoms with Crippen LogP contribution in [-0.4, -0.2) is 41.2 Å². The van der Waals surface area contributed by atoms with Crippen molar-refractivity contribution in [3.05, 3.63) is 58.4 Å². The number of rotatable bonds is 11. The van der Waals surface area contributed by atoms with E-state index in [2.05, 4.69) is 57.1 Å². The fraction of sp³-hybridized carbons (Fsp3) is 0.483. The largest absolute Gasteiger partial charge is 0.497 e. The number of aromatic nitrogens is 3. The number of halogens is 1. The highest BCUT2D eigenvalue weighted by atomic mass is 35.5. The standard InChI is InChI=1S/C29H39ClN4O3/c1-8-10-14-33(22-16-21(29(4,5)6)17-24(18-22)37-15-11-9-2)28(35)27-20(3)34(32-31-27)26-19-23(36-7)12-13-25(26)30/h12-13,16-19H,8-11,14-15H2,1-7H3. The van der Waals surface area contributed by atoms with E-state index in [9.17, 15) is 4.79 Å². The van der Waals surface area contributed by atoms with Crippen molar-refractivity contribution in [2.24, 2.45) is 0 Å². The molecule has 7 nitrogen and oxygen atoms in total. The third-order valence-electron chi connectivity index (χ3n) is 6.29. The zero-order valence-electron chi connectivity index (χ0n) is 23.1. The van der Waals surface area contributed by atoms with Gasteiger partial charge in [0.2, 0.25) is 0 Å². The van der Waals surface area contributed by atoms with Crippen LogP contribution in [0.3, 0.4) is 0 Å². The van der Waals surface area contributed by atoms with Crippen molar-refractivity contribution < 1.29 is 14.3 Å². The lowest BCUT2D eigenvalue weighted by Crippen LogP contribution is -2.33. The van der Waals surface area contributed by atoms with Gasteiger partial charge in [-0.1, -0.05) is 64.3 Å². The fourth-order valence-electron chi connectivity index (χ4n) is 3.92. The first-order chi connectivity index (χ1) is 17.6. The molecule has 0 aliphatic rings. The Kier molecular flexibility index (Phi) is 9.60. The van der Waals surface area contributed by atoms with Crippen molar-refractivity contribution >= 4 is 23.2 Å². The molecule has 8 heteroatoms. The number of unbranched alkanes of at least 4 members (excludes halogenated alkanes) is 2. The molecule has 0 bridgehead atoms. The molecule has 1 heterocycles. The Labute approximate surface area is 225 Å². The summed E-state index contributed by atoms with van der Waals surface area (Å²) in [5.41, 5.74) is 3.28. The van der Waals surface area contributed by atoms with Crippen molar-refractivity contribution in [1.82, 2.24) is 15.0 Å². The predicted molar refractivity (Wildman–Crippen MR) is 150 cm³/mol. The van der Waals surface area contributed by atoms with Gasteiger partial charge < -0.3 is 14.4 Å². The molecule has 0 unspecified atom stereocenters. The third kappa shape index (κ3) is 6.83. The van der Waals surface area contributed by atoms with Crippen LogP contribution in [0.15, 0.2) is 36.4 Å². The molecule has 0 radical (unpaired) electrons. The van der Waals surface area contributed by atoms with Gasteiger partial charge in [-0.3, -0.25) is 4.79 Å². The Bertz CT molecular complexity index is 1220. The summed E-state index contributed by atoms with van der Waals surface area (Å²) in [6, 6.07) is 11.4. The number of benzene rings is 2. The zero-order chi connectivity index (χ0) is 27.2. The number of hydrogen-bond donors (Lipinski definition) is 0. The quantitative estimate of drug-likeness (QED) is 0.248. The second-order valence-corrected chi connectivity index (χ2v) is 10.6. The Morgan fingerprint density at radius 1 is 1.05 bits per heavy atom. The molecule has 1 aromatic heterocycles. The summed E-state index contributed by atoms with van der Waals surface area (Å²) in [6.45, 7) is 13.8. The number of anilines is 1. The van der Waals surface area contributed by atoms with E-state index < -0.39 is 0 Å². The molecule has 0 aliphatic heterocycles. The van der Waals surface area contributed by atoms with Gasteiger partial charge in [-0.15, -0.1) is 5.10 Å². The Balaban J connectivity index is 2.05. The smallest absolute Gasteiger partial charge is 0.280 e. The van der Waals surface area contributed by atoms with Gasteiger partial charge in [0.05, 0.1) is 30.1 Å². The second kappa shape index (κ2) is 12.5. The second-order valence-electron chi connectivity index (χ2n) is 10.2. The molecule has 3 rings (SSSR count). The van der Waals surface area contributed by atoms with Crippen molar-refractivity contribution in [1.29, 1.82) is 0 Å². The number of ether oxygens (including phenoxy) is 2. The van der Waals surface area contributed by atoms with Gasteiger partial charge in [0.25, 0.3) is 5.91 Å². The van der Waals surface area contributed by atoms with E-state index in [1.54, 1.807) is 34.9 Å². The van der Waals surface area contributed by atoms with Crippen LogP contribution in [0.25, 0.3) is 5.69 Å². The van der Waals surface area contributed by atoms with Crippen LogP contribution in [-0.2, 0) is 5.41 Å². The maximum atomic E-state index is 14.0. The molecule has 0 saturated carbocycles. The first-order valence-corrected chi connectivity index (χ1v) is 13.3. The molecule has 0 aliphatic carbocycles. The van der Waals surface area contributed by atoms with Crippen molar-refractivity contribution in [2.45, 2.75) is 72.6 Å². The van der Waals surface area contributed by atoms with Crippen molar-refractivity contribution in [3.8, 4) is 17.2 Å². The Morgan fingerprint density at radius 2 is 1.78 bits per heavy atom. The lowest BCUT2D eigenvalue weighted by Gasteiger charge is -2.27. The molecule has 0 saturated heterocycles. The summed E-state index contributed by atoms with van der Waals surface area (Å²) < 4.78 is 13.0. The summed E-state index contributed by atoms with van der Waals surface area (Å²) in [7, 11) is 1.59. The van der Waals surface area contributed by atoms with Crippen LogP contribution in [0.2, 0.25) is 5.02 Å². The molecule has 1 amide bonds.